The van der Waals surface area contributed by atoms with Gasteiger partial charge in [-0.25, -0.2) is 0 Å². The minimum atomic E-state index is -3.96. The Morgan fingerprint density at radius 3 is 2.26 bits per heavy atom. The van der Waals surface area contributed by atoms with Gasteiger partial charge in [-0.05, 0) is 18.8 Å². The number of carbonyl (C=O) groups is 2. The first-order valence-electron chi connectivity index (χ1n) is 5.94. The molecule has 0 amide bonds. The maximum Gasteiger partial charge on any atom is 0.322 e. The van der Waals surface area contributed by atoms with E-state index in [1.807, 2.05) is 11.6 Å². The van der Waals surface area contributed by atoms with Crippen LogP contribution in [-0.2, 0) is 19.8 Å². The van der Waals surface area contributed by atoms with Gasteiger partial charge in [0.05, 0.1) is 6.42 Å². The summed E-state index contributed by atoms with van der Waals surface area (Å²) < 4.78 is 27.0. The van der Waals surface area contributed by atoms with Crippen LogP contribution in [0.5, 0.6) is 0 Å². The zero-order chi connectivity index (χ0) is 14.6. The molecule has 1 rings (SSSR count). The van der Waals surface area contributed by atoms with E-state index in [2.05, 4.69) is 0 Å². The van der Waals surface area contributed by atoms with Crippen LogP contribution >= 0.6 is 0 Å². The molecule has 0 saturated carbocycles. The number of nitrogens with zero attached hydrogens (tertiary/aromatic N) is 1. The van der Waals surface area contributed by atoms with Gasteiger partial charge in [-0.2, -0.15) is 17.4 Å². The fraction of sp³-hybridized carbons (Fsp3) is 0.800. The van der Waals surface area contributed by atoms with E-state index in [-0.39, 0.29) is 0 Å². The number of nitrogens with one attached hydrogen (secondary N) is 1. The first-order valence-corrected chi connectivity index (χ1v) is 7.38. The SMILES string of the molecule is CC1CCN(S(=O)(=O)N[C@H](CC(=O)O)C(=O)O)CC1. The third-order valence-corrected chi connectivity index (χ3v) is 4.68. The summed E-state index contributed by atoms with van der Waals surface area (Å²) in [5.41, 5.74) is 0. The maximum absolute atomic E-state index is 11.9. The molecular weight excluding hydrogens is 276 g/mol. The van der Waals surface area contributed by atoms with Crippen LogP contribution in [0.25, 0.3) is 0 Å². The molecule has 1 aliphatic heterocycles. The summed E-state index contributed by atoms with van der Waals surface area (Å²) in [6, 6.07) is -1.65. The Morgan fingerprint density at radius 2 is 1.84 bits per heavy atom. The van der Waals surface area contributed by atoms with Gasteiger partial charge < -0.3 is 10.2 Å². The van der Waals surface area contributed by atoms with E-state index >= 15 is 0 Å². The van der Waals surface area contributed by atoms with Crippen molar-refractivity contribution in [1.29, 1.82) is 0 Å². The van der Waals surface area contributed by atoms with Crippen molar-refractivity contribution in [2.24, 2.45) is 5.92 Å². The smallest absolute Gasteiger partial charge is 0.322 e. The molecule has 8 nitrogen and oxygen atoms in total. The van der Waals surface area contributed by atoms with Crippen molar-refractivity contribution in [2.45, 2.75) is 32.2 Å². The van der Waals surface area contributed by atoms with Crippen molar-refractivity contribution in [1.82, 2.24) is 9.03 Å². The second-order valence-electron chi connectivity index (χ2n) is 4.69. The minimum Gasteiger partial charge on any atom is -0.481 e. The summed E-state index contributed by atoms with van der Waals surface area (Å²) in [4.78, 5) is 21.3. The van der Waals surface area contributed by atoms with Gasteiger partial charge in [0, 0.05) is 13.1 Å². The van der Waals surface area contributed by atoms with Gasteiger partial charge in [-0.1, -0.05) is 6.92 Å². The van der Waals surface area contributed by atoms with Crippen LogP contribution < -0.4 is 4.72 Å². The van der Waals surface area contributed by atoms with Crippen LogP contribution in [0.2, 0.25) is 0 Å². The molecule has 0 aromatic rings. The van der Waals surface area contributed by atoms with E-state index in [1.54, 1.807) is 0 Å². The molecule has 0 unspecified atom stereocenters. The number of carboxylic acids is 2. The Hall–Kier alpha value is -1.19. The molecule has 3 N–H and O–H groups in total. The predicted molar refractivity (Wildman–Crippen MR) is 65.7 cm³/mol. The van der Waals surface area contributed by atoms with E-state index in [1.165, 1.54) is 0 Å². The highest BCUT2D eigenvalue weighted by molar-refractivity contribution is 7.87. The topological polar surface area (TPSA) is 124 Å². The normalized spacial score (nSPS) is 20.1. The summed E-state index contributed by atoms with van der Waals surface area (Å²) in [6.45, 7) is 2.65. The Labute approximate surface area is 111 Å². The average Bonchev–Trinajstić information content (AvgIpc) is 2.27. The lowest BCUT2D eigenvalue weighted by atomic mass is 10.0. The third-order valence-electron chi connectivity index (χ3n) is 3.05. The minimum absolute atomic E-state index is 0.315. The molecule has 1 atom stereocenters. The van der Waals surface area contributed by atoms with Gasteiger partial charge in [0.2, 0.25) is 0 Å². The molecule has 0 radical (unpaired) electrons. The molecule has 0 aromatic carbocycles. The molecule has 110 valence electrons. The fourth-order valence-electron chi connectivity index (χ4n) is 1.83. The van der Waals surface area contributed by atoms with E-state index < -0.39 is 34.6 Å². The highest BCUT2D eigenvalue weighted by Crippen LogP contribution is 2.18. The number of hydrogen-bond donors (Lipinski definition) is 3. The lowest BCUT2D eigenvalue weighted by Gasteiger charge is -2.30. The number of aliphatic carboxylic acids is 2. The zero-order valence-corrected chi connectivity index (χ0v) is 11.4. The van der Waals surface area contributed by atoms with Crippen LogP contribution in [0.1, 0.15) is 26.2 Å². The van der Waals surface area contributed by atoms with Crippen molar-refractivity contribution in [2.75, 3.05) is 13.1 Å². The Morgan fingerprint density at radius 1 is 1.32 bits per heavy atom. The quantitative estimate of drug-likeness (QED) is 0.605. The van der Waals surface area contributed by atoms with Gasteiger partial charge in [0.15, 0.2) is 0 Å². The highest BCUT2D eigenvalue weighted by Gasteiger charge is 2.32. The number of piperidine rings is 1. The first-order chi connectivity index (χ1) is 8.72. The summed E-state index contributed by atoms with van der Waals surface area (Å²) >= 11 is 0. The molecule has 1 saturated heterocycles. The van der Waals surface area contributed by atoms with Crippen molar-refractivity contribution in [3.8, 4) is 0 Å². The van der Waals surface area contributed by atoms with Crippen molar-refractivity contribution >= 4 is 22.1 Å². The van der Waals surface area contributed by atoms with Crippen LogP contribution in [0.3, 0.4) is 0 Å². The molecule has 19 heavy (non-hydrogen) atoms. The zero-order valence-electron chi connectivity index (χ0n) is 10.6. The lowest BCUT2D eigenvalue weighted by molar-refractivity contribution is -0.145. The molecule has 0 spiro atoms. The van der Waals surface area contributed by atoms with Gasteiger partial charge in [0.1, 0.15) is 6.04 Å². The van der Waals surface area contributed by atoms with Crippen molar-refractivity contribution in [3.63, 3.8) is 0 Å². The van der Waals surface area contributed by atoms with Crippen LogP contribution in [0.15, 0.2) is 0 Å². The van der Waals surface area contributed by atoms with Crippen molar-refractivity contribution < 1.29 is 28.2 Å². The van der Waals surface area contributed by atoms with E-state index in [0.29, 0.717) is 31.8 Å². The molecule has 0 bridgehead atoms. The molecule has 1 heterocycles. The average molecular weight is 294 g/mol. The molecule has 1 aliphatic rings. The number of hydrogen-bond acceptors (Lipinski definition) is 4. The monoisotopic (exact) mass is 294 g/mol. The Kier molecular flexibility index (Phi) is 5.27. The first kappa shape index (κ1) is 15.9. The number of carboxylic acid groups (broad SMARTS) is 2. The summed E-state index contributed by atoms with van der Waals surface area (Å²) in [5.74, 6) is -2.44. The molecule has 9 heteroatoms. The van der Waals surface area contributed by atoms with Gasteiger partial charge in [-0.3, -0.25) is 9.59 Å². The van der Waals surface area contributed by atoms with Gasteiger partial charge in [-0.15, -0.1) is 0 Å². The summed E-state index contributed by atoms with van der Waals surface area (Å²) in [5, 5.41) is 17.4. The second kappa shape index (κ2) is 6.31. The lowest BCUT2D eigenvalue weighted by Crippen LogP contribution is -2.50. The van der Waals surface area contributed by atoms with Gasteiger partial charge in [0.25, 0.3) is 10.2 Å². The Balaban J connectivity index is 2.71. The van der Waals surface area contributed by atoms with E-state index in [4.69, 9.17) is 10.2 Å². The number of rotatable bonds is 6. The predicted octanol–water partition coefficient (Wildman–Crippen LogP) is -0.519. The largest absolute Gasteiger partial charge is 0.481 e. The van der Waals surface area contributed by atoms with Crippen LogP contribution in [0, 0.1) is 5.92 Å². The summed E-state index contributed by atoms with van der Waals surface area (Å²) in [7, 11) is -3.96. The van der Waals surface area contributed by atoms with Crippen LogP contribution in [0.4, 0.5) is 0 Å². The van der Waals surface area contributed by atoms with Gasteiger partial charge >= 0.3 is 11.9 Å². The third kappa shape index (κ3) is 4.77. The second-order valence-corrected chi connectivity index (χ2v) is 6.40. The molecular formula is C10H18N2O6S. The highest BCUT2D eigenvalue weighted by atomic mass is 32.2. The molecule has 1 fully saturated rings. The van der Waals surface area contributed by atoms with Crippen molar-refractivity contribution in [3.05, 3.63) is 0 Å². The summed E-state index contributed by atoms with van der Waals surface area (Å²) in [6.07, 6.45) is 0.619. The van der Waals surface area contributed by atoms with Crippen LogP contribution in [-0.4, -0.2) is 54.0 Å². The maximum atomic E-state index is 11.9. The Bertz CT molecular complexity index is 441. The van der Waals surface area contributed by atoms with E-state index in [0.717, 1.165) is 4.31 Å². The fourth-order valence-corrected chi connectivity index (χ4v) is 3.22. The standard InChI is InChI=1S/C10H18N2O6S/c1-7-2-4-12(5-3-7)19(17,18)11-8(10(15)16)6-9(13)14/h7-8,11H,2-6H2,1H3,(H,13,14)(H,15,16)/t8-/m1/s1. The van der Waals surface area contributed by atoms with E-state index in [9.17, 15) is 18.0 Å². The molecule has 0 aromatic heterocycles. The molecule has 0 aliphatic carbocycles.